The molecule has 0 spiro atoms. The molecule has 0 fully saturated rings. The molecule has 0 aliphatic heterocycles. The van der Waals surface area contributed by atoms with Crippen molar-refractivity contribution in [3.05, 3.63) is 29.1 Å². The summed E-state index contributed by atoms with van der Waals surface area (Å²) in [6.45, 7) is 0. The Morgan fingerprint density at radius 2 is 1.38 bits per heavy atom. The van der Waals surface area contributed by atoms with Gasteiger partial charge in [0.15, 0.2) is 0 Å². The predicted molar refractivity (Wildman–Crippen MR) is 38.1 cm³/mol. The highest BCUT2D eigenvalue weighted by atomic mass is 19.4. The van der Waals surface area contributed by atoms with Crippen LogP contribution in [-0.2, 0) is 12.4 Å². The van der Waals surface area contributed by atoms with Crippen LogP contribution in [0.1, 0.15) is 11.1 Å². The summed E-state index contributed by atoms with van der Waals surface area (Å²) in [6.07, 6.45) is -10.8. The second-order valence-corrected chi connectivity index (χ2v) is 2.84. The first-order valence-electron chi connectivity index (χ1n) is 3.70. The maximum Gasteiger partial charge on any atom is 0.420 e. The lowest BCUT2D eigenvalue weighted by Gasteiger charge is -2.16. The number of phenols is 1. The third-order valence-corrected chi connectivity index (χ3v) is 1.67. The number of alkyl halides is 6. The zero-order chi connectivity index (χ0) is 12.7. The molecule has 16 heavy (non-hydrogen) atoms. The summed E-state index contributed by atoms with van der Waals surface area (Å²) in [7, 11) is 0. The van der Waals surface area contributed by atoms with Crippen LogP contribution < -0.4 is 0 Å². The molecule has 0 atom stereocenters. The van der Waals surface area contributed by atoms with E-state index < -0.39 is 35.0 Å². The summed E-state index contributed by atoms with van der Waals surface area (Å²) in [5, 5.41) is 8.71. The van der Waals surface area contributed by atoms with Gasteiger partial charge in [-0.15, -0.1) is 0 Å². The minimum Gasteiger partial charge on any atom is -0.507 e. The molecule has 0 aromatic heterocycles. The molecule has 0 unspecified atom stereocenters. The van der Waals surface area contributed by atoms with Crippen molar-refractivity contribution in [2.75, 3.05) is 0 Å². The van der Waals surface area contributed by atoms with E-state index in [4.69, 9.17) is 5.11 Å². The minimum absolute atomic E-state index is 0.0297. The van der Waals surface area contributed by atoms with E-state index in [1.807, 2.05) is 0 Å². The van der Waals surface area contributed by atoms with Crippen molar-refractivity contribution in [2.45, 2.75) is 12.4 Å². The first-order chi connectivity index (χ1) is 7.03. The fourth-order valence-corrected chi connectivity index (χ4v) is 1.11. The van der Waals surface area contributed by atoms with Gasteiger partial charge in [-0.05, 0) is 6.07 Å². The van der Waals surface area contributed by atoms with Crippen LogP contribution in [0, 0.1) is 5.82 Å². The standard InChI is InChI=1S/C8H3F7O/c9-3-1-4(7(10,11)12)6(5(16)2-3)8(13,14)15/h1-2,16H. The molecular weight excluding hydrogens is 245 g/mol. The van der Waals surface area contributed by atoms with Gasteiger partial charge in [-0.2, -0.15) is 26.3 Å². The molecular formula is C8H3F7O. The second kappa shape index (κ2) is 3.53. The molecule has 0 amide bonds. The second-order valence-electron chi connectivity index (χ2n) is 2.84. The van der Waals surface area contributed by atoms with E-state index in [2.05, 4.69) is 0 Å². The molecule has 0 aliphatic carbocycles. The van der Waals surface area contributed by atoms with Crippen LogP contribution in [0.4, 0.5) is 30.7 Å². The quantitative estimate of drug-likeness (QED) is 0.696. The van der Waals surface area contributed by atoms with Crippen LogP contribution in [0.3, 0.4) is 0 Å². The lowest BCUT2D eigenvalue weighted by atomic mass is 10.1. The number of rotatable bonds is 0. The Balaban J connectivity index is 3.58. The van der Waals surface area contributed by atoms with E-state index in [1.54, 1.807) is 0 Å². The normalized spacial score (nSPS) is 12.9. The first-order valence-corrected chi connectivity index (χ1v) is 3.70. The predicted octanol–water partition coefficient (Wildman–Crippen LogP) is 3.57. The van der Waals surface area contributed by atoms with Crippen molar-refractivity contribution in [2.24, 2.45) is 0 Å². The molecule has 0 heterocycles. The fourth-order valence-electron chi connectivity index (χ4n) is 1.11. The van der Waals surface area contributed by atoms with Crippen LogP contribution in [0.2, 0.25) is 0 Å². The van der Waals surface area contributed by atoms with Crippen LogP contribution in [0.25, 0.3) is 0 Å². The van der Waals surface area contributed by atoms with Gasteiger partial charge in [0.25, 0.3) is 0 Å². The summed E-state index contributed by atoms with van der Waals surface area (Å²) < 4.78 is 85.5. The number of hydrogen-bond donors (Lipinski definition) is 1. The van der Waals surface area contributed by atoms with Gasteiger partial charge in [-0.25, -0.2) is 4.39 Å². The van der Waals surface area contributed by atoms with Gasteiger partial charge >= 0.3 is 12.4 Å². The molecule has 1 aromatic rings. The van der Waals surface area contributed by atoms with Crippen LogP contribution in [0.15, 0.2) is 12.1 Å². The Hall–Kier alpha value is -1.47. The van der Waals surface area contributed by atoms with Crippen LogP contribution in [-0.4, -0.2) is 5.11 Å². The van der Waals surface area contributed by atoms with E-state index in [0.29, 0.717) is 0 Å². The molecule has 8 heteroatoms. The summed E-state index contributed by atoms with van der Waals surface area (Å²) in [4.78, 5) is 0. The molecule has 0 saturated heterocycles. The van der Waals surface area contributed by atoms with E-state index in [0.717, 1.165) is 0 Å². The Morgan fingerprint density at radius 1 is 0.875 bits per heavy atom. The van der Waals surface area contributed by atoms with Gasteiger partial charge in [-0.3, -0.25) is 0 Å². The Kier molecular flexibility index (Phi) is 2.78. The summed E-state index contributed by atoms with van der Waals surface area (Å²) in [5.74, 6) is -3.39. The van der Waals surface area contributed by atoms with Gasteiger partial charge in [0.05, 0.1) is 5.56 Å². The fraction of sp³-hybridized carbons (Fsp3) is 0.250. The van der Waals surface area contributed by atoms with Gasteiger partial charge < -0.3 is 5.11 Å². The molecule has 1 rings (SSSR count). The van der Waals surface area contributed by atoms with Crippen LogP contribution in [0.5, 0.6) is 5.75 Å². The number of benzene rings is 1. The Labute approximate surface area is 84.1 Å². The maximum atomic E-state index is 12.5. The van der Waals surface area contributed by atoms with E-state index in [9.17, 15) is 30.7 Å². The zero-order valence-corrected chi connectivity index (χ0v) is 7.25. The summed E-state index contributed by atoms with van der Waals surface area (Å²) in [6, 6.07) is -0.347. The summed E-state index contributed by atoms with van der Waals surface area (Å²) >= 11 is 0. The highest BCUT2D eigenvalue weighted by Gasteiger charge is 2.45. The van der Waals surface area contributed by atoms with Crippen LogP contribution >= 0.6 is 0 Å². The van der Waals surface area contributed by atoms with Crippen molar-refractivity contribution < 1.29 is 35.8 Å². The first kappa shape index (κ1) is 12.6. The molecule has 1 aromatic carbocycles. The average Bonchev–Trinajstić information content (AvgIpc) is 1.97. The number of halogens is 7. The topological polar surface area (TPSA) is 20.2 Å². The van der Waals surface area contributed by atoms with Gasteiger partial charge in [0.2, 0.25) is 0 Å². The van der Waals surface area contributed by atoms with Gasteiger partial charge in [-0.1, -0.05) is 0 Å². The molecule has 0 radical (unpaired) electrons. The smallest absolute Gasteiger partial charge is 0.420 e. The number of aromatic hydroxyl groups is 1. The largest absolute Gasteiger partial charge is 0.507 e. The molecule has 0 saturated carbocycles. The van der Waals surface area contributed by atoms with Crippen molar-refractivity contribution in [3.63, 3.8) is 0 Å². The highest BCUT2D eigenvalue weighted by Crippen LogP contribution is 2.44. The van der Waals surface area contributed by atoms with E-state index in [1.165, 1.54) is 0 Å². The lowest BCUT2D eigenvalue weighted by molar-refractivity contribution is -0.163. The van der Waals surface area contributed by atoms with E-state index in [-0.39, 0.29) is 12.1 Å². The van der Waals surface area contributed by atoms with E-state index >= 15 is 0 Å². The van der Waals surface area contributed by atoms with Crippen molar-refractivity contribution in [3.8, 4) is 5.75 Å². The average molecular weight is 248 g/mol. The Morgan fingerprint density at radius 3 is 1.75 bits per heavy atom. The van der Waals surface area contributed by atoms with Gasteiger partial charge in [0, 0.05) is 6.07 Å². The molecule has 1 nitrogen and oxygen atoms in total. The lowest BCUT2D eigenvalue weighted by Crippen LogP contribution is -2.17. The number of phenolic OH excluding ortho intramolecular Hbond substituents is 1. The SMILES string of the molecule is Oc1cc(F)cc(C(F)(F)F)c1C(F)(F)F. The molecule has 1 N–H and O–H groups in total. The minimum atomic E-state index is -5.41. The van der Waals surface area contributed by atoms with Crippen molar-refractivity contribution >= 4 is 0 Å². The molecule has 90 valence electrons. The van der Waals surface area contributed by atoms with Gasteiger partial charge in [0.1, 0.15) is 17.1 Å². The third kappa shape index (κ3) is 2.37. The summed E-state index contributed by atoms with van der Waals surface area (Å²) in [5.41, 5.74) is -4.54. The number of hydrogen-bond acceptors (Lipinski definition) is 1. The monoisotopic (exact) mass is 248 g/mol. The maximum absolute atomic E-state index is 12.5. The highest BCUT2D eigenvalue weighted by molar-refractivity contribution is 5.43. The molecule has 0 aliphatic rings. The Bertz CT molecular complexity index is 404. The zero-order valence-electron chi connectivity index (χ0n) is 7.25. The van der Waals surface area contributed by atoms with Crippen molar-refractivity contribution in [1.29, 1.82) is 0 Å². The van der Waals surface area contributed by atoms with Crippen molar-refractivity contribution in [1.82, 2.24) is 0 Å². The third-order valence-electron chi connectivity index (χ3n) is 1.67. The molecule has 0 bridgehead atoms.